The highest BCUT2D eigenvalue weighted by atomic mass is 32.2. The molecule has 0 aliphatic rings. The molecule has 2 unspecified atom stereocenters. The van der Waals surface area contributed by atoms with E-state index in [1.165, 1.54) is 0 Å². The average Bonchev–Trinajstić information content (AvgIpc) is 3.36. The standard InChI is InChI=1S/C24H29N5O4S2/c1-16-6-12-20(13-7-16)35(31,32)28-18-8-10-19(11-9-18)33-34(30)15-17(2)23-26-25-22-14-21(24(3,4)5)27-29(22)23/h6-14,17,27-28H,15H2,1-5H3. The van der Waals surface area contributed by atoms with Gasteiger partial charge >= 0.3 is 0 Å². The number of sulfonamides is 1. The highest BCUT2D eigenvalue weighted by Crippen LogP contribution is 2.25. The predicted octanol–water partition coefficient (Wildman–Crippen LogP) is 4.31. The molecule has 11 heteroatoms. The van der Waals surface area contributed by atoms with E-state index in [-0.39, 0.29) is 22.0 Å². The summed E-state index contributed by atoms with van der Waals surface area (Å²) in [7, 11) is -3.70. The van der Waals surface area contributed by atoms with E-state index in [0.717, 1.165) is 11.3 Å². The monoisotopic (exact) mass is 515 g/mol. The van der Waals surface area contributed by atoms with Crippen molar-refractivity contribution in [3.63, 3.8) is 0 Å². The zero-order valence-electron chi connectivity index (χ0n) is 20.3. The lowest BCUT2D eigenvalue weighted by molar-refractivity contribution is 0.548. The van der Waals surface area contributed by atoms with E-state index in [0.29, 0.717) is 22.9 Å². The van der Waals surface area contributed by atoms with E-state index in [9.17, 15) is 12.6 Å². The molecular weight excluding hydrogens is 486 g/mol. The third kappa shape index (κ3) is 5.73. The van der Waals surface area contributed by atoms with Crippen molar-refractivity contribution in [2.75, 3.05) is 10.5 Å². The van der Waals surface area contributed by atoms with E-state index >= 15 is 0 Å². The molecule has 2 N–H and O–H groups in total. The Morgan fingerprint density at radius 2 is 1.74 bits per heavy atom. The Morgan fingerprint density at radius 3 is 2.37 bits per heavy atom. The van der Waals surface area contributed by atoms with E-state index in [1.54, 1.807) is 48.5 Å². The Balaban J connectivity index is 1.38. The first kappa shape index (κ1) is 24.9. The van der Waals surface area contributed by atoms with Gasteiger partial charge in [0.2, 0.25) is 11.1 Å². The van der Waals surface area contributed by atoms with Crippen LogP contribution in [0.15, 0.2) is 59.5 Å². The molecule has 0 radical (unpaired) electrons. The molecular formula is C24H29N5O4S2. The van der Waals surface area contributed by atoms with E-state index in [1.807, 2.05) is 24.4 Å². The van der Waals surface area contributed by atoms with Crippen molar-refractivity contribution in [1.82, 2.24) is 19.8 Å². The minimum absolute atomic E-state index is 0.0619. The van der Waals surface area contributed by atoms with Gasteiger partial charge < -0.3 is 4.18 Å². The van der Waals surface area contributed by atoms with Crippen LogP contribution >= 0.6 is 0 Å². The Morgan fingerprint density at radius 1 is 1.09 bits per heavy atom. The SMILES string of the molecule is Cc1ccc(S(=O)(=O)Nc2ccc(OS(=O)CC(C)c3nnc4cc(C(C)(C)C)[nH]n34)cc2)cc1. The molecule has 4 rings (SSSR count). The normalized spacial score (nSPS) is 14.1. The molecule has 0 amide bonds. The Bertz CT molecular complexity index is 1450. The minimum atomic E-state index is -3.70. The molecule has 0 aliphatic carbocycles. The number of aromatic amines is 1. The molecule has 2 aromatic heterocycles. The van der Waals surface area contributed by atoms with Crippen molar-refractivity contribution >= 4 is 32.4 Å². The number of nitrogens with zero attached hydrogens (tertiary/aromatic N) is 3. The molecule has 0 bridgehead atoms. The van der Waals surface area contributed by atoms with Gasteiger partial charge in [0, 0.05) is 28.8 Å². The van der Waals surface area contributed by atoms with Crippen LogP contribution in [0, 0.1) is 6.92 Å². The molecule has 0 fully saturated rings. The van der Waals surface area contributed by atoms with Crippen LogP contribution in [0.3, 0.4) is 0 Å². The van der Waals surface area contributed by atoms with Crippen LogP contribution in [-0.4, -0.2) is 38.2 Å². The molecule has 0 saturated heterocycles. The topological polar surface area (TPSA) is 118 Å². The van der Waals surface area contributed by atoms with Crippen molar-refractivity contribution in [2.45, 2.75) is 50.8 Å². The van der Waals surface area contributed by atoms with E-state index in [4.69, 9.17) is 4.18 Å². The maximum Gasteiger partial charge on any atom is 0.261 e. The molecule has 0 spiro atoms. The third-order valence-electron chi connectivity index (χ3n) is 5.48. The average molecular weight is 516 g/mol. The quantitative estimate of drug-likeness (QED) is 0.361. The van der Waals surface area contributed by atoms with Gasteiger partial charge in [0.05, 0.1) is 10.6 Å². The Hall–Kier alpha value is -3.18. The molecule has 0 saturated carbocycles. The van der Waals surface area contributed by atoms with Gasteiger partial charge in [-0.25, -0.2) is 17.1 Å². The molecule has 186 valence electrons. The van der Waals surface area contributed by atoms with Gasteiger partial charge in [-0.3, -0.25) is 9.82 Å². The summed E-state index contributed by atoms with van der Waals surface area (Å²) in [6, 6.07) is 14.8. The van der Waals surface area contributed by atoms with Crippen LogP contribution in [-0.2, 0) is 26.5 Å². The highest BCUT2D eigenvalue weighted by molar-refractivity contribution is 7.92. The van der Waals surface area contributed by atoms with Crippen molar-refractivity contribution in [1.29, 1.82) is 0 Å². The van der Waals surface area contributed by atoms with Crippen LogP contribution in [0.25, 0.3) is 5.65 Å². The number of aromatic nitrogens is 4. The zero-order chi connectivity index (χ0) is 25.4. The van der Waals surface area contributed by atoms with Crippen LogP contribution in [0.4, 0.5) is 5.69 Å². The van der Waals surface area contributed by atoms with Crippen molar-refractivity contribution in [2.24, 2.45) is 0 Å². The third-order valence-corrected chi connectivity index (χ3v) is 8.03. The van der Waals surface area contributed by atoms with E-state index in [2.05, 4.69) is 40.8 Å². The Labute approximate surface area is 207 Å². The first-order chi connectivity index (χ1) is 16.4. The minimum Gasteiger partial charge on any atom is -0.401 e. The number of hydrogen-bond donors (Lipinski definition) is 2. The number of fused-ring (bicyclic) bond motifs is 1. The summed E-state index contributed by atoms with van der Waals surface area (Å²) < 4.78 is 47.7. The lowest BCUT2D eigenvalue weighted by Gasteiger charge is -2.15. The van der Waals surface area contributed by atoms with Gasteiger partial charge in [0.25, 0.3) is 10.0 Å². The fourth-order valence-corrected chi connectivity index (χ4v) is 5.44. The van der Waals surface area contributed by atoms with E-state index < -0.39 is 21.1 Å². The van der Waals surface area contributed by atoms with Gasteiger partial charge in [-0.15, -0.1) is 10.2 Å². The predicted molar refractivity (Wildman–Crippen MR) is 137 cm³/mol. The number of anilines is 1. The summed E-state index contributed by atoms with van der Waals surface area (Å²) in [5.74, 6) is 1.08. The lowest BCUT2D eigenvalue weighted by atomic mass is 9.93. The number of H-pyrrole nitrogens is 1. The molecule has 9 nitrogen and oxygen atoms in total. The molecule has 2 aromatic carbocycles. The second kappa shape index (κ2) is 9.46. The number of rotatable bonds is 8. The molecule has 35 heavy (non-hydrogen) atoms. The van der Waals surface area contributed by atoms with Gasteiger partial charge in [0.15, 0.2) is 11.5 Å². The largest absolute Gasteiger partial charge is 0.401 e. The Kier molecular flexibility index (Phi) is 6.74. The maximum absolute atomic E-state index is 12.7. The smallest absolute Gasteiger partial charge is 0.261 e. The summed E-state index contributed by atoms with van der Waals surface area (Å²) in [6.07, 6.45) is 0. The van der Waals surface area contributed by atoms with Crippen LogP contribution < -0.4 is 8.91 Å². The summed E-state index contributed by atoms with van der Waals surface area (Å²) >= 11 is -1.63. The molecule has 2 heterocycles. The van der Waals surface area contributed by atoms with Crippen molar-refractivity contribution < 1.29 is 16.8 Å². The van der Waals surface area contributed by atoms with Crippen LogP contribution in [0.1, 0.15) is 50.7 Å². The number of hydrogen-bond acceptors (Lipinski definition) is 6. The second-order valence-corrected chi connectivity index (χ2v) is 12.4. The summed E-state index contributed by atoms with van der Waals surface area (Å²) in [5, 5.41) is 11.8. The van der Waals surface area contributed by atoms with Gasteiger partial charge in [-0.2, -0.15) is 0 Å². The fraction of sp³-hybridized carbons (Fsp3) is 0.333. The van der Waals surface area contributed by atoms with Gasteiger partial charge in [-0.05, 0) is 43.3 Å². The highest BCUT2D eigenvalue weighted by Gasteiger charge is 2.22. The molecule has 0 aliphatic heterocycles. The van der Waals surface area contributed by atoms with Gasteiger partial charge in [0.1, 0.15) is 5.75 Å². The first-order valence-corrected chi connectivity index (χ1v) is 13.9. The summed E-state index contributed by atoms with van der Waals surface area (Å²) in [4.78, 5) is 0.179. The number of benzene rings is 2. The van der Waals surface area contributed by atoms with Crippen LogP contribution in [0.5, 0.6) is 5.75 Å². The van der Waals surface area contributed by atoms with Crippen molar-refractivity contribution in [3.8, 4) is 5.75 Å². The number of aryl methyl sites for hydroxylation is 1. The van der Waals surface area contributed by atoms with Crippen molar-refractivity contribution in [3.05, 3.63) is 71.7 Å². The first-order valence-electron chi connectivity index (χ1n) is 11.1. The molecule has 4 aromatic rings. The summed E-state index contributed by atoms with van der Waals surface area (Å²) in [5.41, 5.74) is 3.04. The molecule has 2 atom stereocenters. The van der Waals surface area contributed by atoms with Crippen LogP contribution in [0.2, 0.25) is 0 Å². The lowest BCUT2D eigenvalue weighted by Crippen LogP contribution is -2.16. The number of nitrogens with one attached hydrogen (secondary N) is 2. The second-order valence-electron chi connectivity index (χ2n) is 9.57. The maximum atomic E-state index is 12.7. The fourth-order valence-electron chi connectivity index (χ4n) is 3.43. The zero-order valence-corrected chi connectivity index (χ0v) is 21.9. The summed E-state index contributed by atoms with van der Waals surface area (Å²) in [6.45, 7) is 10.1. The van der Waals surface area contributed by atoms with Gasteiger partial charge in [-0.1, -0.05) is 45.4 Å².